The summed E-state index contributed by atoms with van der Waals surface area (Å²) in [5, 5.41) is 8.55. The Bertz CT molecular complexity index is 393. The van der Waals surface area contributed by atoms with E-state index in [0.29, 0.717) is 5.56 Å². The van der Waals surface area contributed by atoms with Crippen LogP contribution in [0.2, 0.25) is 0 Å². The molecule has 0 aliphatic carbocycles. The van der Waals surface area contributed by atoms with E-state index in [0.717, 1.165) is 0 Å². The molecule has 1 aromatic carbocycles. The summed E-state index contributed by atoms with van der Waals surface area (Å²) in [5.41, 5.74) is 0.702. The quantitative estimate of drug-likeness (QED) is 0.760. The van der Waals surface area contributed by atoms with Crippen molar-refractivity contribution in [1.82, 2.24) is 4.72 Å². The van der Waals surface area contributed by atoms with Gasteiger partial charge in [0.1, 0.15) is 5.21 Å². The van der Waals surface area contributed by atoms with Crippen molar-refractivity contribution in [3.63, 3.8) is 0 Å². The van der Waals surface area contributed by atoms with Gasteiger partial charge in [-0.3, -0.25) is 0 Å². The number of benzene rings is 1. The molecule has 2 N–H and O–H groups in total. The summed E-state index contributed by atoms with van der Waals surface area (Å²) < 4.78 is 24.7. The number of halogens is 1. The van der Waals surface area contributed by atoms with Crippen molar-refractivity contribution >= 4 is 21.6 Å². The summed E-state index contributed by atoms with van der Waals surface area (Å²) in [5.74, 6) is 0. The van der Waals surface area contributed by atoms with E-state index in [1.165, 1.54) is 0 Å². The second-order valence-corrected chi connectivity index (χ2v) is 5.33. The molecule has 1 atom stereocenters. The van der Waals surface area contributed by atoms with Crippen molar-refractivity contribution in [2.45, 2.75) is 6.04 Å². The fourth-order valence-electron chi connectivity index (χ4n) is 1.14. The van der Waals surface area contributed by atoms with Crippen LogP contribution in [0.1, 0.15) is 11.6 Å². The molecular formula is C9H12ClNO3S. The molecule has 0 spiro atoms. The molecule has 1 aromatic rings. The number of hydrogen-bond acceptors (Lipinski definition) is 3. The molecular weight excluding hydrogens is 238 g/mol. The summed E-state index contributed by atoms with van der Waals surface area (Å²) >= 11 is 5.25. The van der Waals surface area contributed by atoms with Crippen molar-refractivity contribution in [3.8, 4) is 0 Å². The fraction of sp³-hybridized carbons (Fsp3) is 0.333. The molecule has 0 fully saturated rings. The highest BCUT2D eigenvalue weighted by atomic mass is 35.5. The summed E-state index contributed by atoms with van der Waals surface area (Å²) in [7, 11) is -3.52. The lowest BCUT2D eigenvalue weighted by Gasteiger charge is -2.15. The highest BCUT2D eigenvalue weighted by Gasteiger charge is 2.17. The van der Waals surface area contributed by atoms with Gasteiger partial charge in [0.05, 0.1) is 12.6 Å². The third kappa shape index (κ3) is 3.79. The number of hydrogen-bond donors (Lipinski definition) is 2. The highest BCUT2D eigenvalue weighted by molar-refractivity contribution is 7.90. The van der Waals surface area contributed by atoms with Crippen LogP contribution >= 0.6 is 11.6 Å². The number of sulfonamides is 1. The van der Waals surface area contributed by atoms with E-state index in [-0.39, 0.29) is 6.61 Å². The van der Waals surface area contributed by atoms with Crippen LogP contribution in [0.15, 0.2) is 30.3 Å². The lowest BCUT2D eigenvalue weighted by atomic mass is 10.1. The normalized spacial score (nSPS) is 13.7. The van der Waals surface area contributed by atoms with Gasteiger partial charge in [-0.1, -0.05) is 30.3 Å². The zero-order valence-electron chi connectivity index (χ0n) is 7.93. The minimum atomic E-state index is -3.52. The molecule has 1 rings (SSSR count). The van der Waals surface area contributed by atoms with Gasteiger partial charge in [-0.05, 0) is 5.56 Å². The summed E-state index contributed by atoms with van der Waals surface area (Å²) in [4.78, 5) is 0. The number of alkyl halides is 1. The van der Waals surface area contributed by atoms with Crippen molar-refractivity contribution in [2.75, 3.05) is 11.8 Å². The van der Waals surface area contributed by atoms with Gasteiger partial charge in [0.2, 0.25) is 10.0 Å². The van der Waals surface area contributed by atoms with Gasteiger partial charge >= 0.3 is 0 Å². The van der Waals surface area contributed by atoms with Crippen LogP contribution in [-0.2, 0) is 10.0 Å². The van der Waals surface area contributed by atoms with Crippen LogP contribution in [-0.4, -0.2) is 25.3 Å². The van der Waals surface area contributed by atoms with Gasteiger partial charge < -0.3 is 5.11 Å². The Morgan fingerprint density at radius 3 is 2.40 bits per heavy atom. The first-order valence-corrected chi connectivity index (χ1v) is 6.49. The predicted octanol–water partition coefficient (Wildman–Crippen LogP) is 0.836. The first-order chi connectivity index (χ1) is 7.09. The Morgan fingerprint density at radius 1 is 1.33 bits per heavy atom. The molecule has 0 aliphatic heterocycles. The standard InChI is InChI=1S/C9H12ClNO3S/c10-7-15(13,14)11-9(6-12)8-4-2-1-3-5-8/h1-5,9,11-12H,6-7H2/t9-/m0/s1. The highest BCUT2D eigenvalue weighted by Crippen LogP contribution is 2.12. The Labute approximate surface area is 93.9 Å². The molecule has 15 heavy (non-hydrogen) atoms. The van der Waals surface area contributed by atoms with Crippen LogP contribution in [0.25, 0.3) is 0 Å². The smallest absolute Gasteiger partial charge is 0.226 e. The van der Waals surface area contributed by atoms with Gasteiger partial charge in [0, 0.05) is 0 Å². The SMILES string of the molecule is O=S(=O)(CCl)N[C@@H](CO)c1ccccc1. The van der Waals surface area contributed by atoms with Crippen molar-refractivity contribution in [3.05, 3.63) is 35.9 Å². The van der Waals surface area contributed by atoms with Crippen LogP contribution < -0.4 is 4.72 Å². The van der Waals surface area contributed by atoms with E-state index in [9.17, 15) is 8.42 Å². The molecule has 0 unspecified atom stereocenters. The van der Waals surface area contributed by atoms with Gasteiger partial charge in [0.25, 0.3) is 0 Å². The number of aliphatic hydroxyl groups is 1. The topological polar surface area (TPSA) is 66.4 Å². The Balaban J connectivity index is 2.83. The molecule has 84 valence electrons. The minimum absolute atomic E-state index is 0.305. The van der Waals surface area contributed by atoms with Gasteiger partial charge in [0.15, 0.2) is 0 Å². The summed E-state index contributed by atoms with van der Waals surface area (Å²) in [6.07, 6.45) is 0. The van der Waals surface area contributed by atoms with Crippen molar-refractivity contribution in [2.24, 2.45) is 0 Å². The second-order valence-electron chi connectivity index (χ2n) is 2.99. The van der Waals surface area contributed by atoms with Gasteiger partial charge in [-0.15, -0.1) is 11.6 Å². The largest absolute Gasteiger partial charge is 0.394 e. The third-order valence-corrected chi connectivity index (χ3v) is 3.64. The zero-order valence-corrected chi connectivity index (χ0v) is 9.50. The summed E-state index contributed by atoms with van der Waals surface area (Å²) in [6.45, 7) is -0.305. The molecule has 6 heteroatoms. The molecule has 0 aliphatic rings. The fourth-order valence-corrected chi connectivity index (χ4v) is 2.04. The van der Waals surface area contributed by atoms with Crippen LogP contribution in [0.3, 0.4) is 0 Å². The molecule has 0 radical (unpaired) electrons. The van der Waals surface area contributed by atoms with Crippen LogP contribution in [0.5, 0.6) is 0 Å². The maximum absolute atomic E-state index is 11.2. The molecule has 0 heterocycles. The van der Waals surface area contributed by atoms with Crippen LogP contribution in [0.4, 0.5) is 0 Å². The Kier molecular flexibility index (Phi) is 4.53. The first kappa shape index (κ1) is 12.4. The van der Waals surface area contributed by atoms with Crippen molar-refractivity contribution in [1.29, 1.82) is 0 Å². The molecule has 0 saturated carbocycles. The number of rotatable bonds is 5. The maximum atomic E-state index is 11.2. The molecule has 0 saturated heterocycles. The second kappa shape index (κ2) is 5.46. The first-order valence-electron chi connectivity index (χ1n) is 4.31. The van der Waals surface area contributed by atoms with Crippen LogP contribution in [0, 0.1) is 0 Å². The molecule has 0 aromatic heterocycles. The lowest BCUT2D eigenvalue weighted by Crippen LogP contribution is -2.31. The lowest BCUT2D eigenvalue weighted by molar-refractivity contribution is 0.259. The van der Waals surface area contributed by atoms with E-state index >= 15 is 0 Å². The van der Waals surface area contributed by atoms with E-state index < -0.39 is 21.3 Å². The van der Waals surface area contributed by atoms with Crippen molar-refractivity contribution < 1.29 is 13.5 Å². The average molecular weight is 250 g/mol. The molecule has 0 bridgehead atoms. The Hall–Kier alpha value is -0.620. The van der Waals surface area contributed by atoms with Gasteiger partial charge in [-0.25, -0.2) is 13.1 Å². The summed E-state index contributed by atoms with van der Waals surface area (Å²) in [6, 6.07) is 8.18. The van der Waals surface area contributed by atoms with E-state index in [1.807, 2.05) is 6.07 Å². The van der Waals surface area contributed by atoms with E-state index in [1.54, 1.807) is 24.3 Å². The van der Waals surface area contributed by atoms with Gasteiger partial charge in [-0.2, -0.15) is 0 Å². The number of aliphatic hydroxyl groups excluding tert-OH is 1. The van der Waals surface area contributed by atoms with E-state index in [2.05, 4.69) is 4.72 Å². The van der Waals surface area contributed by atoms with E-state index in [4.69, 9.17) is 16.7 Å². The maximum Gasteiger partial charge on any atom is 0.226 e. The minimum Gasteiger partial charge on any atom is -0.394 e. The predicted molar refractivity (Wildman–Crippen MR) is 59.0 cm³/mol. The molecule has 0 amide bonds. The Morgan fingerprint density at radius 2 is 1.93 bits per heavy atom. The zero-order chi connectivity index (χ0) is 11.3. The monoisotopic (exact) mass is 249 g/mol. The number of nitrogens with one attached hydrogen (secondary N) is 1. The molecule has 4 nitrogen and oxygen atoms in total. The third-order valence-electron chi connectivity index (χ3n) is 1.85. The average Bonchev–Trinajstić information content (AvgIpc) is 2.27.